The fourth-order valence-electron chi connectivity index (χ4n) is 6.03. The first-order valence-corrected chi connectivity index (χ1v) is 15.5. The maximum atomic E-state index is 14.1. The number of anilines is 1. The number of amides is 1. The van der Waals surface area contributed by atoms with Gasteiger partial charge in [-0.3, -0.25) is 19.1 Å². The van der Waals surface area contributed by atoms with Gasteiger partial charge in [0.2, 0.25) is 5.91 Å². The minimum Gasteiger partial charge on any atom is -0.369 e. The Morgan fingerprint density at radius 3 is 2.61 bits per heavy atom. The van der Waals surface area contributed by atoms with Crippen molar-refractivity contribution in [3.63, 3.8) is 0 Å². The fraction of sp³-hybridized carbons (Fsp3) is 0.412. The molecule has 2 aliphatic carbocycles. The Labute approximate surface area is 256 Å². The van der Waals surface area contributed by atoms with Gasteiger partial charge in [-0.2, -0.15) is 0 Å². The third-order valence-electron chi connectivity index (χ3n) is 8.82. The Morgan fingerprint density at radius 2 is 1.93 bits per heavy atom. The Bertz CT molecular complexity index is 1640. The third-order valence-corrected chi connectivity index (χ3v) is 8.82. The SMILES string of the molecule is CC1(F)C=CC([C@@H]2CC2C=[NH+]CCCc2cn(-c3ccc(-c4ncccn4)cc3)c(=O)c(N3CCC(C(N)=O)CC3)n2)=CC1. The number of aryl methyl sites for hydroxylation is 1. The summed E-state index contributed by atoms with van der Waals surface area (Å²) in [6, 6.07) is 9.39. The number of primary amides is 1. The molecule has 1 amide bonds. The Balaban J connectivity index is 1.15. The maximum Gasteiger partial charge on any atom is 0.298 e. The van der Waals surface area contributed by atoms with Gasteiger partial charge in [0.05, 0.1) is 5.69 Å². The quantitative estimate of drug-likeness (QED) is 0.274. The van der Waals surface area contributed by atoms with Crippen LogP contribution in [0, 0.1) is 17.8 Å². The van der Waals surface area contributed by atoms with E-state index in [9.17, 15) is 14.0 Å². The van der Waals surface area contributed by atoms with Gasteiger partial charge in [0, 0.05) is 67.6 Å². The minimum absolute atomic E-state index is 0.174. The lowest BCUT2D eigenvalue weighted by atomic mass is 9.93. The molecular weight excluding hydrogens is 557 g/mol. The second kappa shape index (κ2) is 12.6. The summed E-state index contributed by atoms with van der Waals surface area (Å²) < 4.78 is 15.7. The molecular formula is C34H39FN7O2+. The molecule has 2 fully saturated rings. The van der Waals surface area contributed by atoms with Gasteiger partial charge in [0.15, 0.2) is 11.6 Å². The highest BCUT2D eigenvalue weighted by atomic mass is 19.1. The average molecular weight is 597 g/mol. The zero-order valence-electron chi connectivity index (χ0n) is 25.0. The summed E-state index contributed by atoms with van der Waals surface area (Å²) >= 11 is 0. The van der Waals surface area contributed by atoms with Gasteiger partial charge in [-0.25, -0.2) is 19.3 Å². The summed E-state index contributed by atoms with van der Waals surface area (Å²) in [4.78, 5) is 44.3. The van der Waals surface area contributed by atoms with E-state index in [1.165, 1.54) is 5.57 Å². The molecule has 1 aliphatic heterocycles. The number of hydrogen-bond acceptors (Lipinski definition) is 6. The van der Waals surface area contributed by atoms with Crippen molar-refractivity contribution in [1.29, 1.82) is 0 Å². The smallest absolute Gasteiger partial charge is 0.298 e. The molecule has 44 heavy (non-hydrogen) atoms. The zero-order valence-corrected chi connectivity index (χ0v) is 25.0. The molecule has 1 saturated heterocycles. The van der Waals surface area contributed by atoms with Crippen LogP contribution in [0.5, 0.6) is 0 Å². The van der Waals surface area contributed by atoms with E-state index in [1.54, 1.807) is 36.0 Å². The van der Waals surface area contributed by atoms with Crippen LogP contribution in [0.4, 0.5) is 10.2 Å². The topological polar surface area (TPSA) is 121 Å². The Kier molecular flexibility index (Phi) is 8.50. The molecule has 1 saturated carbocycles. The van der Waals surface area contributed by atoms with Crippen molar-refractivity contribution in [3.05, 3.63) is 88.8 Å². The standard InChI is InChI=1S/C34H38FN7O2/c1-34(35)13-9-23(10-14-34)29-20-26(29)21-37-15-2-4-27-22-42(28-7-5-25(6-8-28)31-38-16-3-17-39-31)33(44)32(40-27)41-18-11-24(12-19-41)30(36)43/h3,5-10,13,16-17,21-22,24,26,29H,2,4,11-12,14-15,18-20H2,1H3,(H2,36,43)/p+1/t26?,29-,34?/m0/s1. The van der Waals surface area contributed by atoms with E-state index in [0.717, 1.165) is 36.3 Å². The predicted molar refractivity (Wildman–Crippen MR) is 168 cm³/mol. The van der Waals surface area contributed by atoms with E-state index in [2.05, 4.69) is 21.2 Å². The highest BCUT2D eigenvalue weighted by Gasteiger charge is 2.41. The molecule has 0 spiro atoms. The van der Waals surface area contributed by atoms with Crippen LogP contribution in [0.3, 0.4) is 0 Å². The van der Waals surface area contributed by atoms with Crippen molar-refractivity contribution in [1.82, 2.24) is 19.5 Å². The summed E-state index contributed by atoms with van der Waals surface area (Å²) in [5.74, 6) is 1.50. The van der Waals surface area contributed by atoms with Crippen LogP contribution in [0.25, 0.3) is 17.1 Å². The van der Waals surface area contributed by atoms with E-state index in [-0.39, 0.29) is 17.4 Å². The molecule has 3 aliphatic rings. The second-order valence-corrected chi connectivity index (χ2v) is 12.3. The molecule has 1 aromatic carbocycles. The molecule has 10 heteroatoms. The van der Waals surface area contributed by atoms with Crippen molar-refractivity contribution >= 4 is 17.9 Å². The van der Waals surface area contributed by atoms with Gasteiger partial charge in [-0.1, -0.05) is 12.2 Å². The first-order chi connectivity index (χ1) is 21.3. The normalized spacial score (nSPS) is 23.6. The monoisotopic (exact) mass is 596 g/mol. The molecule has 2 aromatic heterocycles. The molecule has 3 N–H and O–H groups in total. The van der Waals surface area contributed by atoms with Crippen LogP contribution in [-0.4, -0.2) is 56.9 Å². The molecule has 6 rings (SSSR count). The highest BCUT2D eigenvalue weighted by Crippen LogP contribution is 2.44. The summed E-state index contributed by atoms with van der Waals surface area (Å²) in [7, 11) is 0. The lowest BCUT2D eigenvalue weighted by molar-refractivity contribution is -0.454. The van der Waals surface area contributed by atoms with E-state index in [1.807, 2.05) is 47.5 Å². The summed E-state index contributed by atoms with van der Waals surface area (Å²) in [6.07, 6.45) is 17.3. The van der Waals surface area contributed by atoms with Gasteiger partial charge < -0.3 is 10.6 Å². The lowest BCUT2D eigenvalue weighted by Crippen LogP contribution is -2.69. The zero-order chi connectivity index (χ0) is 30.7. The molecule has 3 heterocycles. The lowest BCUT2D eigenvalue weighted by Gasteiger charge is -2.31. The predicted octanol–water partition coefficient (Wildman–Crippen LogP) is 2.73. The van der Waals surface area contributed by atoms with Gasteiger partial charge in [0.1, 0.15) is 18.4 Å². The first-order valence-electron chi connectivity index (χ1n) is 15.5. The van der Waals surface area contributed by atoms with Crippen LogP contribution < -0.4 is 21.2 Å². The maximum absolute atomic E-state index is 14.1. The van der Waals surface area contributed by atoms with E-state index < -0.39 is 5.67 Å². The molecule has 0 radical (unpaired) electrons. The third kappa shape index (κ3) is 6.85. The van der Waals surface area contributed by atoms with Crippen LogP contribution in [-0.2, 0) is 11.2 Å². The van der Waals surface area contributed by atoms with Crippen LogP contribution >= 0.6 is 0 Å². The van der Waals surface area contributed by atoms with E-state index in [0.29, 0.717) is 62.3 Å². The number of nitrogens with one attached hydrogen (secondary N) is 1. The van der Waals surface area contributed by atoms with Crippen molar-refractivity contribution < 1.29 is 14.2 Å². The first kappa shape index (κ1) is 29.6. The second-order valence-electron chi connectivity index (χ2n) is 12.3. The van der Waals surface area contributed by atoms with Crippen LogP contribution in [0.15, 0.2) is 77.5 Å². The summed E-state index contributed by atoms with van der Waals surface area (Å²) in [5.41, 5.74) is 7.78. The molecule has 2 unspecified atom stereocenters. The Morgan fingerprint density at radius 1 is 1.18 bits per heavy atom. The molecule has 9 nitrogen and oxygen atoms in total. The van der Waals surface area contributed by atoms with Crippen molar-refractivity contribution in [2.75, 3.05) is 24.5 Å². The van der Waals surface area contributed by atoms with Gasteiger partial charge in [-0.15, -0.1) is 0 Å². The number of nitrogens with two attached hydrogens (primary N) is 1. The van der Waals surface area contributed by atoms with Crippen molar-refractivity contribution in [2.45, 2.75) is 51.1 Å². The van der Waals surface area contributed by atoms with E-state index in [4.69, 9.17) is 10.7 Å². The Hall–Kier alpha value is -4.47. The van der Waals surface area contributed by atoms with Gasteiger partial charge >= 0.3 is 0 Å². The number of benzene rings is 1. The highest BCUT2D eigenvalue weighted by molar-refractivity contribution is 5.77. The number of piperidine rings is 1. The van der Waals surface area contributed by atoms with Gasteiger partial charge in [-0.05, 0) is 80.5 Å². The number of carbonyl (C=O) groups is 1. The minimum atomic E-state index is -1.23. The van der Waals surface area contributed by atoms with Crippen LogP contribution in [0.1, 0.15) is 44.7 Å². The number of nitrogens with zero attached hydrogens (tertiary/aromatic N) is 5. The number of alkyl halides is 1. The molecule has 3 atom stereocenters. The number of rotatable bonds is 10. The number of halogens is 1. The summed E-state index contributed by atoms with van der Waals surface area (Å²) in [5, 5.41) is 0. The summed E-state index contributed by atoms with van der Waals surface area (Å²) in [6.45, 7) is 3.51. The number of allylic oxidation sites excluding steroid dienone is 4. The van der Waals surface area contributed by atoms with Gasteiger partial charge in [0.25, 0.3) is 5.56 Å². The van der Waals surface area contributed by atoms with Crippen LogP contribution in [0.2, 0.25) is 0 Å². The number of aromatic nitrogens is 4. The fourth-order valence-corrected chi connectivity index (χ4v) is 6.03. The number of carbonyl (C=O) groups excluding carboxylic acids is 1. The largest absolute Gasteiger partial charge is 0.369 e. The van der Waals surface area contributed by atoms with Crippen molar-refractivity contribution in [2.24, 2.45) is 23.5 Å². The molecule has 0 bridgehead atoms. The molecule has 228 valence electrons. The average Bonchev–Trinajstić information content (AvgIpc) is 3.81. The van der Waals surface area contributed by atoms with E-state index >= 15 is 0 Å². The molecule has 3 aromatic rings. The number of hydrogen-bond donors (Lipinski definition) is 2. The van der Waals surface area contributed by atoms with Crippen molar-refractivity contribution in [3.8, 4) is 17.1 Å².